The second-order valence-electron chi connectivity index (χ2n) is 4.84. The largest absolute Gasteiger partial charge is 1.00 e. The van der Waals surface area contributed by atoms with E-state index in [1.54, 1.807) is 18.2 Å². The molecule has 2 rings (SSSR count). The number of esters is 1. The molecule has 26 heavy (non-hydrogen) atoms. The first-order valence-corrected chi connectivity index (χ1v) is 9.39. The molecule has 10 heteroatoms. The number of hydrogen-bond donors (Lipinski definition) is 0. The van der Waals surface area contributed by atoms with Gasteiger partial charge in [-0.05, 0) is 18.2 Å². The summed E-state index contributed by atoms with van der Waals surface area (Å²) >= 11 is 11.7. The quantitative estimate of drug-likeness (QED) is 0.370. The summed E-state index contributed by atoms with van der Waals surface area (Å²) in [4.78, 5) is 24.1. The standard InChI is InChI=1S/C16H15Cl2O6P.Na/c1-22-25(20,21)16(11-5-3-2-4-6-11)24-15(19)10-23-14-8-7-12(17)9-13(14)18;/h2-9,16H,10H2,1H3,(H,20,21);/q;+1/p-1. The van der Waals surface area contributed by atoms with Gasteiger partial charge in [-0.15, -0.1) is 0 Å². The van der Waals surface area contributed by atoms with Crippen LogP contribution >= 0.6 is 30.8 Å². The van der Waals surface area contributed by atoms with Gasteiger partial charge in [0.2, 0.25) is 0 Å². The second kappa shape index (κ2) is 10.7. The van der Waals surface area contributed by atoms with E-state index in [2.05, 4.69) is 4.52 Å². The van der Waals surface area contributed by atoms with Crippen LogP contribution in [0.2, 0.25) is 10.0 Å². The molecule has 0 fully saturated rings. The maximum absolute atomic E-state index is 12.1. The van der Waals surface area contributed by atoms with Crippen molar-refractivity contribution >= 4 is 36.8 Å². The number of benzene rings is 2. The minimum Gasteiger partial charge on any atom is -0.776 e. The first-order valence-electron chi connectivity index (χ1n) is 7.02. The molecule has 0 heterocycles. The van der Waals surface area contributed by atoms with Crippen LogP contribution in [-0.4, -0.2) is 19.7 Å². The Hall–Kier alpha value is -0.560. The fourth-order valence-electron chi connectivity index (χ4n) is 1.92. The maximum atomic E-state index is 12.1. The molecule has 2 atom stereocenters. The van der Waals surface area contributed by atoms with Gasteiger partial charge < -0.3 is 23.5 Å². The molecule has 0 aliphatic heterocycles. The zero-order valence-electron chi connectivity index (χ0n) is 14.1. The number of ether oxygens (including phenoxy) is 2. The first-order chi connectivity index (χ1) is 11.8. The summed E-state index contributed by atoms with van der Waals surface area (Å²) in [5.74, 6) is -2.25. The van der Waals surface area contributed by atoms with Crippen LogP contribution in [0.5, 0.6) is 5.75 Å². The summed E-state index contributed by atoms with van der Waals surface area (Å²) in [5, 5.41) is 0.628. The predicted molar refractivity (Wildman–Crippen MR) is 91.8 cm³/mol. The van der Waals surface area contributed by atoms with Crippen LogP contribution < -0.4 is 39.2 Å². The van der Waals surface area contributed by atoms with Crippen molar-refractivity contribution in [1.82, 2.24) is 0 Å². The van der Waals surface area contributed by atoms with Gasteiger partial charge in [0.1, 0.15) is 5.75 Å². The van der Waals surface area contributed by atoms with E-state index in [9.17, 15) is 14.3 Å². The maximum Gasteiger partial charge on any atom is 1.00 e. The second-order valence-corrected chi connectivity index (χ2v) is 7.60. The summed E-state index contributed by atoms with van der Waals surface area (Å²) in [5.41, 5.74) is 0.264. The van der Waals surface area contributed by atoms with Crippen LogP contribution in [0.3, 0.4) is 0 Å². The Bertz CT molecular complexity index is 790. The van der Waals surface area contributed by atoms with E-state index in [1.165, 1.54) is 30.3 Å². The molecule has 0 amide bonds. The minimum atomic E-state index is -4.46. The molecule has 0 bridgehead atoms. The normalized spacial score (nSPS) is 13.8. The van der Waals surface area contributed by atoms with Crippen LogP contribution in [0.15, 0.2) is 48.5 Å². The molecule has 0 aliphatic rings. The Morgan fingerprint density at radius 2 is 1.85 bits per heavy atom. The zero-order valence-corrected chi connectivity index (χ0v) is 18.5. The monoisotopic (exact) mass is 426 g/mol. The van der Waals surface area contributed by atoms with Gasteiger partial charge in [0.25, 0.3) is 0 Å². The Morgan fingerprint density at radius 3 is 2.42 bits per heavy atom. The van der Waals surface area contributed by atoms with E-state index in [0.717, 1.165) is 7.11 Å². The Morgan fingerprint density at radius 1 is 1.19 bits per heavy atom. The number of carbonyl (C=O) groups is 1. The van der Waals surface area contributed by atoms with Crippen molar-refractivity contribution < 1.29 is 57.8 Å². The van der Waals surface area contributed by atoms with Crippen molar-refractivity contribution in [2.45, 2.75) is 5.85 Å². The molecule has 0 aromatic heterocycles. The average molecular weight is 427 g/mol. The molecule has 0 saturated heterocycles. The van der Waals surface area contributed by atoms with Crippen molar-refractivity contribution in [3.8, 4) is 5.75 Å². The van der Waals surface area contributed by atoms with E-state index >= 15 is 0 Å². The van der Waals surface area contributed by atoms with Gasteiger partial charge in [-0.3, -0.25) is 0 Å². The summed E-state index contributed by atoms with van der Waals surface area (Å²) in [7, 11) is -3.46. The van der Waals surface area contributed by atoms with Crippen molar-refractivity contribution in [1.29, 1.82) is 0 Å². The number of rotatable bonds is 7. The molecule has 0 radical (unpaired) electrons. The van der Waals surface area contributed by atoms with Crippen molar-refractivity contribution in [3.05, 3.63) is 64.1 Å². The average Bonchev–Trinajstić information content (AvgIpc) is 2.59. The van der Waals surface area contributed by atoms with Crippen molar-refractivity contribution in [2.24, 2.45) is 0 Å². The van der Waals surface area contributed by atoms with Crippen molar-refractivity contribution in [3.63, 3.8) is 0 Å². The van der Waals surface area contributed by atoms with Gasteiger partial charge in [0.15, 0.2) is 20.0 Å². The van der Waals surface area contributed by atoms with Gasteiger partial charge >= 0.3 is 35.5 Å². The fraction of sp³-hybridized carbons (Fsp3) is 0.188. The third-order valence-electron chi connectivity index (χ3n) is 3.11. The van der Waals surface area contributed by atoms with Crippen LogP contribution in [0.25, 0.3) is 0 Å². The van der Waals surface area contributed by atoms with Gasteiger partial charge in [0.05, 0.1) is 5.02 Å². The molecular weight excluding hydrogens is 413 g/mol. The van der Waals surface area contributed by atoms with Gasteiger partial charge in [-0.2, -0.15) is 0 Å². The summed E-state index contributed by atoms with van der Waals surface area (Å²) < 4.78 is 26.8. The first kappa shape index (κ1) is 23.5. The summed E-state index contributed by atoms with van der Waals surface area (Å²) in [6, 6.07) is 12.4. The molecule has 0 aliphatic carbocycles. The molecule has 0 saturated carbocycles. The van der Waals surface area contributed by atoms with Gasteiger partial charge in [-0.1, -0.05) is 53.5 Å². The molecule has 134 valence electrons. The topological polar surface area (TPSA) is 84.9 Å². The summed E-state index contributed by atoms with van der Waals surface area (Å²) in [6.07, 6.45) is 0. The zero-order chi connectivity index (χ0) is 18.4. The van der Waals surface area contributed by atoms with Crippen LogP contribution in [0, 0.1) is 0 Å². The third kappa shape index (κ3) is 6.55. The predicted octanol–water partition coefficient (Wildman–Crippen LogP) is 0.818. The van der Waals surface area contributed by atoms with E-state index in [4.69, 9.17) is 32.7 Å². The van der Waals surface area contributed by atoms with E-state index in [1.807, 2.05) is 0 Å². The molecule has 2 aromatic carbocycles. The van der Waals surface area contributed by atoms with Crippen LogP contribution in [0.1, 0.15) is 11.4 Å². The molecular formula is C16H14Cl2NaO6P. The molecule has 2 unspecified atom stereocenters. The number of halogens is 2. The smallest absolute Gasteiger partial charge is 0.776 e. The van der Waals surface area contributed by atoms with Crippen LogP contribution in [-0.2, 0) is 18.6 Å². The Balaban J connectivity index is 0.00000338. The fourth-order valence-corrected chi connectivity index (χ4v) is 3.35. The SMILES string of the molecule is COP(=O)([O-])C(OC(=O)COc1ccc(Cl)cc1Cl)c1ccccc1.[Na+]. The Labute approximate surface area is 183 Å². The Kier molecular flexibility index (Phi) is 9.65. The minimum absolute atomic E-state index is 0. The summed E-state index contributed by atoms with van der Waals surface area (Å²) in [6.45, 7) is -0.533. The van der Waals surface area contributed by atoms with Gasteiger partial charge in [-0.25, -0.2) is 4.79 Å². The molecule has 0 N–H and O–H groups in total. The van der Waals surface area contributed by atoms with Crippen molar-refractivity contribution in [2.75, 3.05) is 13.7 Å². The number of hydrogen-bond acceptors (Lipinski definition) is 6. The van der Waals surface area contributed by atoms with E-state index in [0.29, 0.717) is 5.02 Å². The number of carbonyl (C=O) groups excluding carboxylic acids is 1. The molecule has 0 spiro atoms. The molecule has 2 aromatic rings. The van der Waals surface area contributed by atoms with E-state index < -0.39 is 26.0 Å². The van der Waals surface area contributed by atoms with Gasteiger partial charge in [0, 0.05) is 17.7 Å². The molecule has 6 nitrogen and oxygen atoms in total. The third-order valence-corrected chi connectivity index (χ3v) is 5.13. The van der Waals surface area contributed by atoms with Crippen LogP contribution in [0.4, 0.5) is 0 Å². The van der Waals surface area contributed by atoms with E-state index in [-0.39, 0.29) is 45.9 Å².